The summed E-state index contributed by atoms with van der Waals surface area (Å²) >= 11 is 0. The molecule has 0 fully saturated rings. The molecule has 0 unspecified atom stereocenters. The second-order valence-corrected chi connectivity index (χ2v) is 1.19. The third-order valence-electron chi connectivity index (χ3n) is 0.697. The van der Waals surface area contributed by atoms with Crippen LogP contribution in [0.1, 0.15) is 13.3 Å². The fourth-order valence-corrected chi connectivity index (χ4v) is 0.254. The summed E-state index contributed by atoms with van der Waals surface area (Å²) in [7, 11) is 0. The van der Waals surface area contributed by atoms with Crippen LogP contribution >= 0.6 is 0 Å². The Morgan fingerprint density at radius 2 is 2.25 bits per heavy atom. The van der Waals surface area contributed by atoms with Crippen molar-refractivity contribution in [1.82, 2.24) is 0 Å². The summed E-state index contributed by atoms with van der Waals surface area (Å²) in [6.45, 7) is 1.79. The normalized spacial score (nSPS) is 12.9. The standard InChI is InChI=1S/C4H8N2O2/c1-2-4(6-8)3-5-7/h3,7-8H,2H2,1H3/b5-3-,6-4+. The quantitative estimate of drug-likeness (QED) is 0.316. The third kappa shape index (κ3) is 2.17. The van der Waals surface area contributed by atoms with Gasteiger partial charge >= 0.3 is 0 Å². The number of hydrogen-bond acceptors (Lipinski definition) is 4. The fraction of sp³-hybridized carbons (Fsp3) is 0.500. The molecule has 0 bridgehead atoms. The van der Waals surface area contributed by atoms with Crippen molar-refractivity contribution in [1.29, 1.82) is 0 Å². The van der Waals surface area contributed by atoms with Crippen molar-refractivity contribution in [3.63, 3.8) is 0 Å². The van der Waals surface area contributed by atoms with Gasteiger partial charge in [-0.3, -0.25) is 0 Å². The Labute approximate surface area is 47.1 Å². The highest BCUT2D eigenvalue weighted by atomic mass is 16.4. The van der Waals surface area contributed by atoms with Crippen LogP contribution in [0.2, 0.25) is 0 Å². The second kappa shape index (κ2) is 4.11. The highest BCUT2D eigenvalue weighted by Crippen LogP contribution is 1.78. The Morgan fingerprint density at radius 3 is 2.38 bits per heavy atom. The van der Waals surface area contributed by atoms with Crippen molar-refractivity contribution in [2.45, 2.75) is 13.3 Å². The minimum atomic E-state index is 0.354. The van der Waals surface area contributed by atoms with Gasteiger partial charge in [-0.15, -0.1) is 0 Å². The zero-order valence-corrected chi connectivity index (χ0v) is 4.57. The number of nitrogens with zero attached hydrogens (tertiary/aromatic N) is 2. The molecule has 0 saturated carbocycles. The molecule has 0 aliphatic rings. The highest BCUT2D eigenvalue weighted by Gasteiger charge is 1.87. The summed E-state index contributed by atoms with van der Waals surface area (Å²) in [6, 6.07) is 0. The summed E-state index contributed by atoms with van der Waals surface area (Å²) in [5, 5.41) is 21.4. The second-order valence-electron chi connectivity index (χ2n) is 1.19. The number of oxime groups is 2. The van der Waals surface area contributed by atoms with Gasteiger partial charge in [0.15, 0.2) is 0 Å². The Morgan fingerprint density at radius 1 is 1.62 bits per heavy atom. The number of hydrogen-bond donors (Lipinski definition) is 2. The van der Waals surface area contributed by atoms with E-state index in [0.717, 1.165) is 6.21 Å². The maximum atomic E-state index is 8.04. The minimum Gasteiger partial charge on any atom is -0.411 e. The predicted octanol–water partition coefficient (Wildman–Crippen LogP) is 0.687. The first kappa shape index (κ1) is 6.94. The van der Waals surface area contributed by atoms with Crippen molar-refractivity contribution in [2.24, 2.45) is 10.3 Å². The van der Waals surface area contributed by atoms with Gasteiger partial charge in [-0.05, 0) is 6.42 Å². The SMILES string of the molecule is CCC(/C=N\O)=N\O. The summed E-state index contributed by atoms with van der Waals surface area (Å²) in [6.07, 6.45) is 1.64. The van der Waals surface area contributed by atoms with E-state index in [1.54, 1.807) is 6.92 Å². The van der Waals surface area contributed by atoms with E-state index < -0.39 is 0 Å². The van der Waals surface area contributed by atoms with E-state index >= 15 is 0 Å². The maximum Gasteiger partial charge on any atom is 0.101 e. The smallest absolute Gasteiger partial charge is 0.101 e. The zero-order chi connectivity index (χ0) is 6.41. The lowest BCUT2D eigenvalue weighted by Gasteiger charge is -1.84. The molecule has 0 aliphatic heterocycles. The van der Waals surface area contributed by atoms with Crippen molar-refractivity contribution in [3.05, 3.63) is 0 Å². The van der Waals surface area contributed by atoms with E-state index in [2.05, 4.69) is 10.3 Å². The van der Waals surface area contributed by atoms with Crippen LogP contribution in [0.15, 0.2) is 10.3 Å². The molecule has 0 atom stereocenters. The van der Waals surface area contributed by atoms with E-state index in [4.69, 9.17) is 10.4 Å². The largest absolute Gasteiger partial charge is 0.411 e. The molecule has 0 amide bonds. The summed E-state index contributed by atoms with van der Waals surface area (Å²) in [4.78, 5) is 0. The average Bonchev–Trinajstić information content (AvgIpc) is 1.83. The molecule has 0 aliphatic carbocycles. The van der Waals surface area contributed by atoms with Gasteiger partial charge in [0.25, 0.3) is 0 Å². The molecule has 0 saturated heterocycles. The molecule has 8 heavy (non-hydrogen) atoms. The first-order valence-electron chi connectivity index (χ1n) is 2.23. The van der Waals surface area contributed by atoms with Crippen LogP contribution in [0.4, 0.5) is 0 Å². The monoisotopic (exact) mass is 116 g/mol. The zero-order valence-electron chi connectivity index (χ0n) is 4.57. The molecule has 0 aromatic carbocycles. The molecule has 0 aromatic heterocycles. The Balaban J connectivity index is 3.72. The van der Waals surface area contributed by atoms with Crippen molar-refractivity contribution >= 4 is 11.9 Å². The number of rotatable bonds is 2. The van der Waals surface area contributed by atoms with Crippen LogP contribution in [0.5, 0.6) is 0 Å². The first-order chi connectivity index (χ1) is 3.85. The minimum absolute atomic E-state index is 0.354. The molecule has 0 radical (unpaired) electrons. The molecule has 0 heterocycles. The maximum absolute atomic E-state index is 8.04. The topological polar surface area (TPSA) is 65.2 Å². The van der Waals surface area contributed by atoms with Gasteiger partial charge in [0.05, 0.1) is 6.21 Å². The lowest BCUT2D eigenvalue weighted by Crippen LogP contribution is -1.96. The lowest BCUT2D eigenvalue weighted by molar-refractivity contribution is 0.315. The van der Waals surface area contributed by atoms with Gasteiger partial charge in [-0.2, -0.15) is 0 Å². The van der Waals surface area contributed by atoms with E-state index in [1.165, 1.54) is 0 Å². The molecular formula is C4H8N2O2. The Bertz CT molecular complexity index is 106. The van der Waals surface area contributed by atoms with E-state index in [-0.39, 0.29) is 0 Å². The lowest BCUT2D eigenvalue weighted by atomic mass is 10.3. The fourth-order valence-electron chi connectivity index (χ4n) is 0.254. The van der Waals surface area contributed by atoms with Gasteiger partial charge in [-0.1, -0.05) is 17.2 Å². The average molecular weight is 116 g/mol. The molecule has 0 spiro atoms. The molecule has 46 valence electrons. The van der Waals surface area contributed by atoms with Gasteiger partial charge in [-0.25, -0.2) is 0 Å². The van der Waals surface area contributed by atoms with Crippen LogP contribution in [0.25, 0.3) is 0 Å². The van der Waals surface area contributed by atoms with Gasteiger partial charge in [0.2, 0.25) is 0 Å². The van der Waals surface area contributed by atoms with Crippen molar-refractivity contribution < 1.29 is 10.4 Å². The van der Waals surface area contributed by atoms with Crippen LogP contribution in [0, 0.1) is 0 Å². The molecular weight excluding hydrogens is 108 g/mol. The van der Waals surface area contributed by atoms with Crippen LogP contribution in [0.3, 0.4) is 0 Å². The molecule has 0 rings (SSSR count). The Hall–Kier alpha value is -1.06. The van der Waals surface area contributed by atoms with Gasteiger partial charge in [0.1, 0.15) is 5.71 Å². The van der Waals surface area contributed by atoms with E-state index in [0.29, 0.717) is 12.1 Å². The predicted molar refractivity (Wildman–Crippen MR) is 29.8 cm³/mol. The van der Waals surface area contributed by atoms with Crippen LogP contribution in [-0.2, 0) is 0 Å². The molecule has 4 heteroatoms. The summed E-state index contributed by atoms with van der Waals surface area (Å²) in [5.74, 6) is 0. The van der Waals surface area contributed by atoms with Crippen molar-refractivity contribution in [2.75, 3.05) is 0 Å². The van der Waals surface area contributed by atoms with Gasteiger partial charge in [0, 0.05) is 0 Å². The summed E-state index contributed by atoms with van der Waals surface area (Å²) < 4.78 is 0. The highest BCUT2D eigenvalue weighted by molar-refractivity contribution is 6.30. The van der Waals surface area contributed by atoms with Crippen molar-refractivity contribution in [3.8, 4) is 0 Å². The first-order valence-corrected chi connectivity index (χ1v) is 2.23. The summed E-state index contributed by atoms with van der Waals surface area (Å²) in [5.41, 5.74) is 0.354. The van der Waals surface area contributed by atoms with Crippen LogP contribution < -0.4 is 0 Å². The van der Waals surface area contributed by atoms with E-state index in [1.807, 2.05) is 0 Å². The Kier molecular flexibility index (Phi) is 3.56. The molecule has 2 N–H and O–H groups in total. The molecule has 0 aromatic rings. The third-order valence-corrected chi connectivity index (χ3v) is 0.697. The van der Waals surface area contributed by atoms with Gasteiger partial charge < -0.3 is 10.4 Å². The van der Waals surface area contributed by atoms with E-state index in [9.17, 15) is 0 Å². The van der Waals surface area contributed by atoms with Crippen LogP contribution in [-0.4, -0.2) is 22.3 Å². The molecule has 4 nitrogen and oxygen atoms in total.